The maximum absolute atomic E-state index is 12.3. The summed E-state index contributed by atoms with van der Waals surface area (Å²) in [7, 11) is 1.74. The van der Waals surface area contributed by atoms with Crippen LogP contribution in [0.15, 0.2) is 47.1 Å². The number of halogens is 1. The molecule has 0 spiro atoms. The molecule has 1 amide bonds. The van der Waals surface area contributed by atoms with Gasteiger partial charge in [-0.25, -0.2) is 0 Å². The zero-order chi connectivity index (χ0) is 14.5. The SMILES string of the molecule is CN(Cc1ccccc1Br)C(=O)c1cc(NN)ccn1. The van der Waals surface area contributed by atoms with Gasteiger partial charge in [-0.3, -0.25) is 15.6 Å². The average Bonchev–Trinajstić information content (AvgIpc) is 2.48. The van der Waals surface area contributed by atoms with Gasteiger partial charge in [0.05, 0.1) is 5.69 Å². The summed E-state index contributed by atoms with van der Waals surface area (Å²) in [5, 5.41) is 0. The van der Waals surface area contributed by atoms with E-state index in [2.05, 4.69) is 26.3 Å². The van der Waals surface area contributed by atoms with Gasteiger partial charge in [0.1, 0.15) is 5.69 Å². The molecular weight excluding hydrogens is 320 g/mol. The molecule has 0 aliphatic carbocycles. The fourth-order valence-electron chi connectivity index (χ4n) is 1.79. The van der Waals surface area contributed by atoms with E-state index < -0.39 is 0 Å². The van der Waals surface area contributed by atoms with Gasteiger partial charge in [-0.15, -0.1) is 0 Å². The quantitative estimate of drug-likeness (QED) is 0.665. The number of nitrogens with zero attached hydrogens (tertiary/aromatic N) is 2. The number of amides is 1. The second kappa shape index (κ2) is 6.49. The summed E-state index contributed by atoms with van der Waals surface area (Å²) in [6.45, 7) is 0.502. The molecule has 0 bridgehead atoms. The molecule has 5 nitrogen and oxygen atoms in total. The maximum atomic E-state index is 12.3. The van der Waals surface area contributed by atoms with Crippen molar-refractivity contribution >= 4 is 27.5 Å². The predicted molar refractivity (Wildman–Crippen MR) is 82.0 cm³/mol. The largest absolute Gasteiger partial charge is 0.336 e. The zero-order valence-electron chi connectivity index (χ0n) is 11.0. The van der Waals surface area contributed by atoms with Crippen LogP contribution >= 0.6 is 15.9 Å². The minimum absolute atomic E-state index is 0.155. The third kappa shape index (κ3) is 3.34. The molecule has 0 saturated heterocycles. The molecular formula is C14H15BrN4O. The lowest BCUT2D eigenvalue weighted by molar-refractivity contribution is 0.0779. The summed E-state index contributed by atoms with van der Waals surface area (Å²) in [5.74, 6) is 5.17. The molecule has 0 saturated carbocycles. The van der Waals surface area contributed by atoms with Crippen LogP contribution in [-0.2, 0) is 6.54 Å². The molecule has 3 N–H and O–H groups in total. The van der Waals surface area contributed by atoms with E-state index in [4.69, 9.17) is 5.84 Å². The summed E-state index contributed by atoms with van der Waals surface area (Å²) >= 11 is 3.47. The van der Waals surface area contributed by atoms with E-state index >= 15 is 0 Å². The lowest BCUT2D eigenvalue weighted by Gasteiger charge is -2.18. The Kier molecular flexibility index (Phi) is 4.70. The second-order valence-corrected chi connectivity index (χ2v) is 5.18. The van der Waals surface area contributed by atoms with Gasteiger partial charge in [-0.1, -0.05) is 34.1 Å². The van der Waals surface area contributed by atoms with Gasteiger partial charge in [0.2, 0.25) is 0 Å². The van der Waals surface area contributed by atoms with Crippen LogP contribution < -0.4 is 11.3 Å². The number of rotatable bonds is 4. The number of hydrogen-bond acceptors (Lipinski definition) is 4. The predicted octanol–water partition coefficient (Wildman–Crippen LogP) is 2.40. The number of nitrogen functional groups attached to an aromatic ring is 1. The number of aromatic nitrogens is 1. The van der Waals surface area contributed by atoms with Gasteiger partial charge >= 0.3 is 0 Å². The Hall–Kier alpha value is -1.92. The molecule has 2 aromatic rings. The number of carbonyl (C=O) groups excluding carboxylic acids is 1. The molecule has 1 aromatic heterocycles. The standard InChI is InChI=1S/C14H15BrN4O/c1-19(9-10-4-2-3-5-12(10)15)14(20)13-8-11(18-16)6-7-17-13/h2-8H,9,16H2,1H3,(H,17,18). The van der Waals surface area contributed by atoms with Crippen LogP contribution in [-0.4, -0.2) is 22.8 Å². The van der Waals surface area contributed by atoms with Crippen molar-refractivity contribution in [3.8, 4) is 0 Å². The normalized spacial score (nSPS) is 10.2. The van der Waals surface area contributed by atoms with Crippen LogP contribution in [0.1, 0.15) is 16.1 Å². The third-order valence-corrected chi connectivity index (χ3v) is 3.63. The molecule has 104 valence electrons. The molecule has 0 radical (unpaired) electrons. The Balaban J connectivity index is 2.14. The molecule has 1 heterocycles. The van der Waals surface area contributed by atoms with Gasteiger partial charge in [0, 0.05) is 24.3 Å². The van der Waals surface area contributed by atoms with Crippen LogP contribution in [0.5, 0.6) is 0 Å². The first-order chi connectivity index (χ1) is 9.61. The highest BCUT2D eigenvalue weighted by atomic mass is 79.9. The number of hydrogen-bond donors (Lipinski definition) is 2. The summed E-state index contributed by atoms with van der Waals surface area (Å²) in [6, 6.07) is 11.1. The Bertz CT molecular complexity index is 618. The van der Waals surface area contributed by atoms with Crippen molar-refractivity contribution in [2.24, 2.45) is 5.84 Å². The molecule has 0 fully saturated rings. The monoisotopic (exact) mass is 334 g/mol. The number of nitrogens with one attached hydrogen (secondary N) is 1. The average molecular weight is 335 g/mol. The van der Waals surface area contributed by atoms with Crippen molar-refractivity contribution in [1.82, 2.24) is 9.88 Å². The molecule has 2 rings (SSSR count). The highest BCUT2D eigenvalue weighted by Crippen LogP contribution is 2.18. The van der Waals surface area contributed by atoms with Gasteiger partial charge in [-0.2, -0.15) is 0 Å². The molecule has 0 aliphatic heterocycles. The number of pyridine rings is 1. The molecule has 0 unspecified atom stereocenters. The van der Waals surface area contributed by atoms with Crippen molar-refractivity contribution in [2.45, 2.75) is 6.54 Å². The van der Waals surface area contributed by atoms with Crippen LogP contribution in [0.4, 0.5) is 5.69 Å². The molecule has 1 aromatic carbocycles. The van der Waals surface area contributed by atoms with E-state index in [1.165, 1.54) is 0 Å². The van der Waals surface area contributed by atoms with E-state index in [1.54, 1.807) is 30.3 Å². The first-order valence-corrected chi connectivity index (χ1v) is 6.82. The maximum Gasteiger partial charge on any atom is 0.272 e. The van der Waals surface area contributed by atoms with E-state index in [1.807, 2.05) is 24.3 Å². The van der Waals surface area contributed by atoms with Crippen LogP contribution in [0.25, 0.3) is 0 Å². The molecule has 0 atom stereocenters. The Morgan fingerprint density at radius 3 is 2.85 bits per heavy atom. The number of hydrazine groups is 1. The fourth-order valence-corrected chi connectivity index (χ4v) is 2.20. The van der Waals surface area contributed by atoms with Crippen molar-refractivity contribution in [3.63, 3.8) is 0 Å². The first kappa shape index (κ1) is 14.5. The number of carbonyl (C=O) groups is 1. The Labute approximate surface area is 125 Å². The van der Waals surface area contributed by atoms with Crippen LogP contribution in [0.3, 0.4) is 0 Å². The lowest BCUT2D eigenvalue weighted by Crippen LogP contribution is -2.27. The zero-order valence-corrected chi connectivity index (χ0v) is 12.6. The molecule has 20 heavy (non-hydrogen) atoms. The van der Waals surface area contributed by atoms with Crippen molar-refractivity contribution in [1.29, 1.82) is 0 Å². The van der Waals surface area contributed by atoms with E-state index in [0.717, 1.165) is 10.0 Å². The van der Waals surface area contributed by atoms with E-state index in [9.17, 15) is 4.79 Å². The minimum Gasteiger partial charge on any atom is -0.336 e. The topological polar surface area (TPSA) is 71.2 Å². The van der Waals surface area contributed by atoms with Crippen molar-refractivity contribution in [2.75, 3.05) is 12.5 Å². The van der Waals surface area contributed by atoms with Crippen LogP contribution in [0.2, 0.25) is 0 Å². The minimum atomic E-state index is -0.155. The van der Waals surface area contributed by atoms with Crippen molar-refractivity contribution < 1.29 is 4.79 Å². The lowest BCUT2D eigenvalue weighted by atomic mass is 10.2. The fraction of sp³-hybridized carbons (Fsp3) is 0.143. The van der Waals surface area contributed by atoms with E-state index in [0.29, 0.717) is 17.9 Å². The summed E-state index contributed by atoms with van der Waals surface area (Å²) in [5.41, 5.74) is 4.55. The number of benzene rings is 1. The number of nitrogens with two attached hydrogens (primary N) is 1. The summed E-state index contributed by atoms with van der Waals surface area (Å²) < 4.78 is 0.977. The Morgan fingerprint density at radius 2 is 2.15 bits per heavy atom. The Morgan fingerprint density at radius 1 is 1.40 bits per heavy atom. The molecule has 0 aliphatic rings. The molecule has 6 heteroatoms. The van der Waals surface area contributed by atoms with Crippen molar-refractivity contribution in [3.05, 3.63) is 58.3 Å². The van der Waals surface area contributed by atoms with Gasteiger partial charge < -0.3 is 10.3 Å². The van der Waals surface area contributed by atoms with Gasteiger partial charge in [-0.05, 0) is 23.8 Å². The second-order valence-electron chi connectivity index (χ2n) is 4.33. The van der Waals surface area contributed by atoms with E-state index in [-0.39, 0.29) is 5.91 Å². The first-order valence-electron chi connectivity index (χ1n) is 6.03. The van der Waals surface area contributed by atoms with Gasteiger partial charge in [0.15, 0.2) is 0 Å². The highest BCUT2D eigenvalue weighted by molar-refractivity contribution is 9.10. The van der Waals surface area contributed by atoms with Crippen LogP contribution in [0, 0.1) is 0 Å². The summed E-state index contributed by atoms with van der Waals surface area (Å²) in [6.07, 6.45) is 1.55. The highest BCUT2D eigenvalue weighted by Gasteiger charge is 2.14. The third-order valence-electron chi connectivity index (χ3n) is 2.86. The number of anilines is 1. The van der Waals surface area contributed by atoms with Gasteiger partial charge in [0.25, 0.3) is 5.91 Å². The summed E-state index contributed by atoms with van der Waals surface area (Å²) in [4.78, 5) is 18.0. The smallest absolute Gasteiger partial charge is 0.272 e.